The van der Waals surface area contributed by atoms with E-state index in [4.69, 9.17) is 13.3 Å². The van der Waals surface area contributed by atoms with Gasteiger partial charge in [-0.05, 0) is 12.8 Å². The summed E-state index contributed by atoms with van der Waals surface area (Å²) in [5.41, 5.74) is 0. The highest BCUT2D eigenvalue weighted by atomic mass is 32.1. The van der Waals surface area contributed by atoms with Crippen molar-refractivity contribution in [3.8, 4) is 0 Å². The summed E-state index contributed by atoms with van der Waals surface area (Å²) in [4.78, 5) is 12.6. The van der Waals surface area contributed by atoms with Crippen LogP contribution in [-0.4, -0.2) is 40.3 Å². The van der Waals surface area contributed by atoms with Gasteiger partial charge >= 0.3 is 8.80 Å². The van der Waals surface area contributed by atoms with E-state index in [2.05, 4.69) is 19.6 Å². The number of carbonyl (C=O) groups is 1. The molecule has 0 saturated carbocycles. The molecule has 1 unspecified atom stereocenters. The molecule has 1 atom stereocenters. The number of rotatable bonds is 12. The highest BCUT2D eigenvalue weighted by Crippen LogP contribution is 2.35. The number of unbranched alkanes of at least 4 members (excludes halogenated alkanes) is 4. The molecule has 0 fully saturated rings. The molecule has 0 bridgehead atoms. The Morgan fingerprint density at radius 1 is 1.00 bits per heavy atom. The zero-order valence-electron chi connectivity index (χ0n) is 13.5. The summed E-state index contributed by atoms with van der Waals surface area (Å²) >= 11 is 4.62. The fraction of sp³-hybridized carbons (Fsp3) is 0.929. The van der Waals surface area contributed by atoms with Crippen LogP contribution in [-0.2, 0) is 18.1 Å². The van der Waals surface area contributed by atoms with Crippen molar-refractivity contribution in [3.63, 3.8) is 0 Å². The Balaban J connectivity index is 4.72. The molecule has 0 heterocycles. The third-order valence-electron chi connectivity index (χ3n) is 3.79. The van der Waals surface area contributed by atoms with Crippen LogP contribution in [0.4, 0.5) is 0 Å². The monoisotopic (exact) mass is 322 g/mol. The quantitative estimate of drug-likeness (QED) is 0.340. The lowest BCUT2D eigenvalue weighted by Gasteiger charge is -2.38. The minimum absolute atomic E-state index is 0.0667. The molecule has 120 valence electrons. The molecule has 0 saturated heterocycles. The molecule has 4 nitrogen and oxygen atoms in total. The Labute approximate surface area is 130 Å². The van der Waals surface area contributed by atoms with Crippen molar-refractivity contribution in [2.75, 3.05) is 21.3 Å². The molecular weight excluding hydrogens is 292 g/mol. The first-order valence-corrected chi connectivity index (χ1v) is 9.56. The summed E-state index contributed by atoms with van der Waals surface area (Å²) in [6.45, 7) is 4.09. The summed E-state index contributed by atoms with van der Waals surface area (Å²) in [5, 5.41) is 0. The maximum absolute atomic E-state index is 12.6. The van der Waals surface area contributed by atoms with E-state index in [-0.39, 0.29) is 5.78 Å². The Bertz CT molecular complexity index is 276. The molecule has 0 amide bonds. The van der Waals surface area contributed by atoms with E-state index in [1.54, 1.807) is 0 Å². The molecule has 0 aliphatic carbocycles. The Hall–Kier alpha value is 0.117. The van der Waals surface area contributed by atoms with Crippen LogP contribution < -0.4 is 0 Å². The van der Waals surface area contributed by atoms with E-state index in [1.165, 1.54) is 40.6 Å². The number of thiol groups is 1. The Kier molecular flexibility index (Phi) is 10.0. The van der Waals surface area contributed by atoms with Crippen molar-refractivity contribution in [3.05, 3.63) is 0 Å². The van der Waals surface area contributed by atoms with E-state index in [0.717, 1.165) is 12.8 Å². The first kappa shape index (κ1) is 20.1. The van der Waals surface area contributed by atoms with Crippen LogP contribution in [0.2, 0.25) is 0 Å². The summed E-state index contributed by atoms with van der Waals surface area (Å²) in [5.74, 6) is 0.0667. The van der Waals surface area contributed by atoms with E-state index in [1.807, 2.05) is 6.92 Å². The van der Waals surface area contributed by atoms with Gasteiger partial charge in [0.15, 0.2) is 5.78 Å². The van der Waals surface area contributed by atoms with Crippen molar-refractivity contribution < 1.29 is 18.1 Å². The van der Waals surface area contributed by atoms with Gasteiger partial charge in [-0.15, -0.1) is 0 Å². The Morgan fingerprint density at radius 2 is 1.50 bits per heavy atom. The number of hydrogen-bond acceptors (Lipinski definition) is 5. The van der Waals surface area contributed by atoms with Crippen LogP contribution >= 0.6 is 12.6 Å². The van der Waals surface area contributed by atoms with Crippen LogP contribution in [0.3, 0.4) is 0 Å². The largest absolute Gasteiger partial charge is 0.524 e. The van der Waals surface area contributed by atoms with Crippen molar-refractivity contribution >= 4 is 27.2 Å². The predicted octanol–water partition coefficient (Wildman–Crippen LogP) is 3.41. The van der Waals surface area contributed by atoms with Gasteiger partial charge in [-0.3, -0.25) is 4.79 Å². The fourth-order valence-corrected chi connectivity index (χ4v) is 5.78. The minimum atomic E-state index is -3.09. The molecule has 0 spiro atoms. The van der Waals surface area contributed by atoms with E-state index < -0.39 is 13.2 Å². The maximum atomic E-state index is 12.6. The molecule has 0 aromatic rings. The average molecular weight is 323 g/mol. The first-order chi connectivity index (χ1) is 9.47. The van der Waals surface area contributed by atoms with Crippen molar-refractivity contribution in [2.45, 2.75) is 63.2 Å². The maximum Gasteiger partial charge on any atom is 0.524 e. The normalized spacial score (nSPS) is 15.1. The molecule has 0 aliphatic rings. The van der Waals surface area contributed by atoms with Crippen LogP contribution in [0, 0.1) is 0 Å². The highest BCUT2D eigenvalue weighted by molar-refractivity contribution is 7.85. The van der Waals surface area contributed by atoms with E-state index in [0.29, 0.717) is 12.8 Å². The topological polar surface area (TPSA) is 44.8 Å². The molecule has 0 radical (unpaired) electrons. The molecule has 0 N–H and O–H groups in total. The smallest absolute Gasteiger partial charge is 0.376 e. The number of Topliss-reactive ketones (excluding diaryl/α,β-unsaturated/α-hetero) is 1. The molecule has 0 aliphatic heterocycles. The number of carbonyl (C=O) groups excluding carboxylic acids is 1. The van der Waals surface area contributed by atoms with Crippen molar-refractivity contribution in [1.29, 1.82) is 0 Å². The summed E-state index contributed by atoms with van der Waals surface area (Å²) in [6, 6.07) is 0. The third kappa shape index (κ3) is 4.56. The molecule has 0 rings (SSSR count). The summed E-state index contributed by atoms with van der Waals surface area (Å²) in [7, 11) is 1.47. The number of ketones is 1. The second kappa shape index (κ2) is 9.95. The summed E-state index contributed by atoms with van der Waals surface area (Å²) in [6.07, 6.45) is 6.61. The third-order valence-corrected chi connectivity index (χ3v) is 8.44. The van der Waals surface area contributed by atoms with Gasteiger partial charge < -0.3 is 13.3 Å². The van der Waals surface area contributed by atoms with Gasteiger partial charge in [-0.25, -0.2) is 0 Å². The van der Waals surface area contributed by atoms with E-state index in [9.17, 15) is 4.79 Å². The first-order valence-electron chi connectivity index (χ1n) is 7.39. The highest BCUT2D eigenvalue weighted by Gasteiger charge is 2.60. The van der Waals surface area contributed by atoms with Crippen molar-refractivity contribution in [1.82, 2.24) is 0 Å². The summed E-state index contributed by atoms with van der Waals surface area (Å²) < 4.78 is 15.4. The zero-order valence-corrected chi connectivity index (χ0v) is 15.4. The molecule has 6 heteroatoms. The molecule has 20 heavy (non-hydrogen) atoms. The van der Waals surface area contributed by atoms with Crippen LogP contribution in [0.15, 0.2) is 0 Å². The lowest BCUT2D eigenvalue weighted by atomic mass is 10.1. The fourth-order valence-electron chi connectivity index (χ4n) is 2.44. The second-order valence-corrected chi connectivity index (χ2v) is 9.34. The molecule has 0 aromatic carbocycles. The molecule has 0 aromatic heterocycles. The Morgan fingerprint density at radius 3 is 1.90 bits per heavy atom. The van der Waals surface area contributed by atoms with Crippen LogP contribution in [0.1, 0.15) is 58.8 Å². The van der Waals surface area contributed by atoms with Crippen molar-refractivity contribution in [2.24, 2.45) is 0 Å². The van der Waals surface area contributed by atoms with Gasteiger partial charge in [0.2, 0.25) is 0 Å². The van der Waals surface area contributed by atoms with Gasteiger partial charge in [-0.1, -0.05) is 39.5 Å². The number of hydrogen-bond donors (Lipinski definition) is 1. The zero-order chi connectivity index (χ0) is 15.6. The van der Waals surface area contributed by atoms with Gasteiger partial charge in [0, 0.05) is 27.8 Å². The van der Waals surface area contributed by atoms with Crippen LogP contribution in [0.5, 0.6) is 0 Å². The average Bonchev–Trinajstić information content (AvgIpc) is 2.48. The van der Waals surface area contributed by atoms with Gasteiger partial charge in [0.1, 0.15) is 4.37 Å². The second-order valence-electron chi connectivity index (χ2n) is 4.97. The lowest BCUT2D eigenvalue weighted by Crippen LogP contribution is -2.64. The minimum Gasteiger partial charge on any atom is -0.376 e. The lowest BCUT2D eigenvalue weighted by molar-refractivity contribution is -0.121. The van der Waals surface area contributed by atoms with Gasteiger partial charge in [0.05, 0.1) is 0 Å². The molecular formula is C14H30O4SSi. The predicted molar refractivity (Wildman–Crippen MR) is 87.2 cm³/mol. The standard InChI is InChI=1S/C14H30O4SSi/c1-6-8-9-10-11-12-13(15)14(19,7-2)20(16-3,17-4)18-5/h19H,6-12H2,1-5H3. The van der Waals surface area contributed by atoms with Gasteiger partial charge in [0.25, 0.3) is 0 Å². The van der Waals surface area contributed by atoms with Crippen LogP contribution in [0.25, 0.3) is 0 Å². The van der Waals surface area contributed by atoms with E-state index >= 15 is 0 Å². The SMILES string of the molecule is CCCCCCCC(=O)C(S)(CC)[Si](OC)(OC)OC. The van der Waals surface area contributed by atoms with Gasteiger partial charge in [-0.2, -0.15) is 12.6 Å².